The topological polar surface area (TPSA) is 62.2 Å². The summed E-state index contributed by atoms with van der Waals surface area (Å²) in [5.74, 6) is -0.767. The molecule has 0 saturated carbocycles. The molecule has 0 aromatic carbocycles. The lowest BCUT2D eigenvalue weighted by atomic mass is 10.2. The molecule has 1 unspecified atom stereocenters. The van der Waals surface area contributed by atoms with Crippen LogP contribution in [-0.2, 0) is 4.79 Å². The summed E-state index contributed by atoms with van der Waals surface area (Å²) in [5, 5.41) is 13.0. The molecule has 1 fully saturated rings. The summed E-state index contributed by atoms with van der Waals surface area (Å²) in [7, 11) is 3.13. The molecule has 0 amide bonds. The van der Waals surface area contributed by atoms with Crippen LogP contribution in [0.5, 0.6) is 0 Å². The molecule has 2 atom stereocenters. The Kier molecular flexibility index (Phi) is 4.09. The molecule has 4 nitrogen and oxygen atoms in total. The van der Waals surface area contributed by atoms with E-state index in [2.05, 4.69) is 10.3 Å². The number of pyridine rings is 1. The molecular formula is C10H12N2O2S2. The lowest BCUT2D eigenvalue weighted by molar-refractivity contribution is -0.138. The highest BCUT2D eigenvalue weighted by atomic mass is 33.1. The Bertz CT molecular complexity index is 361. The summed E-state index contributed by atoms with van der Waals surface area (Å²) in [6, 6.07) is 5.29. The van der Waals surface area contributed by atoms with E-state index in [0.29, 0.717) is 0 Å². The fraction of sp³-hybridized carbons (Fsp3) is 0.400. The highest BCUT2D eigenvalue weighted by molar-refractivity contribution is 8.76. The molecule has 2 rings (SSSR count). The molecule has 1 aromatic rings. The van der Waals surface area contributed by atoms with Gasteiger partial charge in [0.25, 0.3) is 0 Å². The quantitative estimate of drug-likeness (QED) is 0.799. The summed E-state index contributed by atoms with van der Waals surface area (Å²) >= 11 is 0. The lowest BCUT2D eigenvalue weighted by Crippen LogP contribution is -2.36. The van der Waals surface area contributed by atoms with Crippen molar-refractivity contribution in [2.24, 2.45) is 0 Å². The minimum absolute atomic E-state index is 0.115. The first-order valence-corrected chi connectivity index (χ1v) is 7.19. The highest BCUT2D eigenvalue weighted by Crippen LogP contribution is 2.37. The van der Waals surface area contributed by atoms with Crippen LogP contribution < -0.4 is 5.32 Å². The van der Waals surface area contributed by atoms with Crippen molar-refractivity contribution in [1.82, 2.24) is 10.3 Å². The fourth-order valence-electron chi connectivity index (χ4n) is 1.54. The van der Waals surface area contributed by atoms with Crippen LogP contribution in [0.15, 0.2) is 29.4 Å². The van der Waals surface area contributed by atoms with Crippen LogP contribution in [0.4, 0.5) is 0 Å². The predicted molar refractivity (Wildman–Crippen MR) is 65.5 cm³/mol. The summed E-state index contributed by atoms with van der Waals surface area (Å²) in [5.41, 5.74) is 0. The molecule has 86 valence electrons. The Morgan fingerprint density at radius 1 is 1.56 bits per heavy atom. The third-order valence-electron chi connectivity index (χ3n) is 2.33. The van der Waals surface area contributed by atoms with Gasteiger partial charge in [-0.1, -0.05) is 16.9 Å². The Morgan fingerprint density at radius 3 is 3.12 bits per heavy atom. The first-order valence-electron chi connectivity index (χ1n) is 4.98. The van der Waals surface area contributed by atoms with E-state index in [1.165, 1.54) is 0 Å². The summed E-state index contributed by atoms with van der Waals surface area (Å²) in [4.78, 5) is 15.1. The van der Waals surface area contributed by atoms with Gasteiger partial charge >= 0.3 is 5.97 Å². The van der Waals surface area contributed by atoms with Crippen LogP contribution in [0.3, 0.4) is 0 Å². The zero-order valence-corrected chi connectivity index (χ0v) is 10.1. The minimum Gasteiger partial charge on any atom is -0.480 e. The smallest absolute Gasteiger partial charge is 0.321 e. The molecule has 6 heteroatoms. The van der Waals surface area contributed by atoms with E-state index in [4.69, 9.17) is 5.11 Å². The van der Waals surface area contributed by atoms with Gasteiger partial charge in [-0.15, -0.1) is 0 Å². The van der Waals surface area contributed by atoms with Crippen LogP contribution in [0.2, 0.25) is 0 Å². The van der Waals surface area contributed by atoms with Gasteiger partial charge in [0, 0.05) is 11.4 Å². The number of carboxylic acids is 1. The van der Waals surface area contributed by atoms with Gasteiger partial charge in [0.05, 0.1) is 0 Å². The van der Waals surface area contributed by atoms with Gasteiger partial charge in [-0.25, -0.2) is 4.98 Å². The van der Waals surface area contributed by atoms with Gasteiger partial charge in [0.2, 0.25) is 0 Å². The number of aliphatic carboxylic acids is 1. The molecule has 0 spiro atoms. The van der Waals surface area contributed by atoms with Gasteiger partial charge in [0.15, 0.2) is 0 Å². The van der Waals surface area contributed by atoms with E-state index < -0.39 is 12.0 Å². The number of hydrogen-bond donors (Lipinski definition) is 2. The molecule has 0 radical (unpaired) electrons. The number of nitrogens with zero attached hydrogens (tertiary/aromatic N) is 1. The number of nitrogens with one attached hydrogen (secondary N) is 1. The van der Waals surface area contributed by atoms with Gasteiger partial charge < -0.3 is 10.4 Å². The zero-order chi connectivity index (χ0) is 11.4. The predicted octanol–water partition coefficient (Wildman–Crippen LogP) is 1.64. The van der Waals surface area contributed by atoms with E-state index in [9.17, 15) is 4.79 Å². The second-order valence-electron chi connectivity index (χ2n) is 3.44. The Balaban J connectivity index is 1.88. The van der Waals surface area contributed by atoms with Crippen LogP contribution >= 0.6 is 21.6 Å². The van der Waals surface area contributed by atoms with Crippen molar-refractivity contribution >= 4 is 27.6 Å². The van der Waals surface area contributed by atoms with Gasteiger partial charge in [0.1, 0.15) is 11.1 Å². The maximum absolute atomic E-state index is 10.9. The molecular weight excluding hydrogens is 244 g/mol. The normalized spacial score (nSPS) is 24.5. The Hall–Kier alpha value is -0.720. The van der Waals surface area contributed by atoms with E-state index in [1.54, 1.807) is 27.8 Å². The van der Waals surface area contributed by atoms with Crippen LogP contribution in [0.25, 0.3) is 0 Å². The zero-order valence-electron chi connectivity index (χ0n) is 8.50. The summed E-state index contributed by atoms with van der Waals surface area (Å²) in [6.07, 6.45) is 2.63. The van der Waals surface area contributed by atoms with Crippen LogP contribution in [0.1, 0.15) is 6.42 Å². The fourth-order valence-corrected chi connectivity index (χ4v) is 4.12. The maximum Gasteiger partial charge on any atom is 0.321 e. The number of rotatable bonds is 4. The molecule has 1 aliphatic heterocycles. The number of carboxylic acid groups (broad SMARTS) is 1. The molecule has 1 saturated heterocycles. The Morgan fingerprint density at radius 2 is 2.44 bits per heavy atom. The van der Waals surface area contributed by atoms with Crippen LogP contribution in [0, 0.1) is 0 Å². The van der Waals surface area contributed by atoms with E-state index >= 15 is 0 Å². The molecule has 0 aliphatic carbocycles. The highest BCUT2D eigenvalue weighted by Gasteiger charge is 2.33. The first kappa shape index (κ1) is 11.8. The first-order chi connectivity index (χ1) is 7.77. The molecule has 16 heavy (non-hydrogen) atoms. The minimum atomic E-state index is -0.767. The lowest BCUT2D eigenvalue weighted by Gasteiger charge is -2.13. The molecule has 1 aliphatic rings. The average molecular weight is 256 g/mol. The number of aromatic nitrogens is 1. The molecule has 2 heterocycles. The summed E-state index contributed by atoms with van der Waals surface area (Å²) < 4.78 is 0. The molecule has 2 N–H and O–H groups in total. The summed E-state index contributed by atoms with van der Waals surface area (Å²) in [6.45, 7) is 0.775. The van der Waals surface area contributed by atoms with E-state index in [1.807, 2.05) is 18.2 Å². The standard InChI is InChI=1S/C10H12N2O2S2/c13-10(14)9-7(4-6-12-9)15-16-8-3-1-2-5-11-8/h1-3,5,7,9,12H,4,6H2,(H,13,14)/t7?,9-/m0/s1. The van der Waals surface area contributed by atoms with Gasteiger partial charge in [-0.2, -0.15) is 0 Å². The van der Waals surface area contributed by atoms with Gasteiger partial charge in [-0.3, -0.25) is 4.79 Å². The van der Waals surface area contributed by atoms with Crippen molar-refractivity contribution in [1.29, 1.82) is 0 Å². The maximum atomic E-state index is 10.9. The van der Waals surface area contributed by atoms with Gasteiger partial charge in [-0.05, 0) is 35.9 Å². The third-order valence-corrected chi connectivity index (χ3v) is 5.13. The van der Waals surface area contributed by atoms with Crippen molar-refractivity contribution in [3.63, 3.8) is 0 Å². The van der Waals surface area contributed by atoms with Crippen molar-refractivity contribution in [2.75, 3.05) is 6.54 Å². The molecule has 1 aromatic heterocycles. The largest absolute Gasteiger partial charge is 0.480 e. The van der Waals surface area contributed by atoms with Crippen molar-refractivity contribution in [3.8, 4) is 0 Å². The monoisotopic (exact) mass is 256 g/mol. The molecule has 0 bridgehead atoms. The Labute approximate surface area is 102 Å². The van der Waals surface area contributed by atoms with Crippen molar-refractivity contribution in [3.05, 3.63) is 24.4 Å². The number of hydrogen-bond acceptors (Lipinski definition) is 5. The van der Waals surface area contributed by atoms with Crippen molar-refractivity contribution < 1.29 is 9.90 Å². The van der Waals surface area contributed by atoms with Crippen LogP contribution in [-0.4, -0.2) is 33.9 Å². The SMILES string of the molecule is O=C(O)[C@H]1NCCC1SSc1ccccn1. The van der Waals surface area contributed by atoms with Crippen molar-refractivity contribution in [2.45, 2.75) is 22.7 Å². The number of carbonyl (C=O) groups is 1. The van der Waals surface area contributed by atoms with E-state index in [0.717, 1.165) is 18.0 Å². The second-order valence-corrected chi connectivity index (χ2v) is 5.90. The van der Waals surface area contributed by atoms with E-state index in [-0.39, 0.29) is 5.25 Å². The average Bonchev–Trinajstić information content (AvgIpc) is 2.76. The second kappa shape index (κ2) is 5.56. The third kappa shape index (κ3) is 2.90.